The fraction of sp³-hybridized carbons (Fsp3) is 0.956. The molecule has 3 fully saturated rings. The van der Waals surface area contributed by atoms with Crippen LogP contribution in [-0.4, -0.2) is 205 Å². The van der Waals surface area contributed by atoms with E-state index in [-0.39, 0.29) is 25.7 Å². The Morgan fingerprint density at radius 3 is 0.932 bits per heavy atom. The molecule has 2 aliphatic heterocycles. The fourth-order valence-corrected chi connectivity index (χ4v) is 17.0. The molecule has 0 aromatic rings. The zero-order valence-corrected chi connectivity index (χ0v) is 74.4. The second-order valence-corrected chi connectivity index (χ2v) is 35.7. The van der Waals surface area contributed by atoms with E-state index in [1.54, 1.807) is 0 Å². The first kappa shape index (κ1) is 109. The van der Waals surface area contributed by atoms with Crippen LogP contribution < -0.4 is 0 Å². The molecule has 3 rings (SSSR count). The number of aliphatic hydroxyl groups excluding tert-OH is 9. The van der Waals surface area contributed by atoms with Gasteiger partial charge in [-0.05, 0) is 25.7 Å². The zero-order valence-electron chi connectivity index (χ0n) is 73.5. The fourth-order valence-electron chi connectivity index (χ4n) is 16.0. The summed E-state index contributed by atoms with van der Waals surface area (Å²) in [7, 11) is -5.80. The minimum atomic E-state index is -5.80. The van der Waals surface area contributed by atoms with Crippen LogP contribution in [0.3, 0.4) is 0 Å². The lowest BCUT2D eigenvalue weighted by Gasteiger charge is -2.50. The van der Waals surface area contributed by atoms with Gasteiger partial charge in [0.05, 0.1) is 13.2 Å². The van der Waals surface area contributed by atoms with E-state index in [0.29, 0.717) is 32.1 Å². The Kier molecular flexibility index (Phi) is 65.7. The highest BCUT2D eigenvalue weighted by Crippen LogP contribution is 2.49. The van der Waals surface area contributed by atoms with E-state index in [9.17, 15) is 74.6 Å². The van der Waals surface area contributed by atoms with Crippen LogP contribution in [0.1, 0.15) is 426 Å². The van der Waals surface area contributed by atoms with E-state index in [0.717, 1.165) is 128 Å². The Bertz CT molecular complexity index is 2430. The van der Waals surface area contributed by atoms with Gasteiger partial charge in [0.1, 0.15) is 92.6 Å². The number of rotatable bonds is 78. The van der Waals surface area contributed by atoms with Crippen molar-refractivity contribution in [1.29, 1.82) is 0 Å². The molecular weight excluding hydrogens is 1520 g/mol. The highest BCUT2D eigenvalue weighted by atomic mass is 31.2. The third-order valence-corrected chi connectivity index (χ3v) is 24.6. The van der Waals surface area contributed by atoms with Crippen molar-refractivity contribution in [2.75, 3.05) is 26.4 Å². The van der Waals surface area contributed by atoms with Crippen molar-refractivity contribution in [2.24, 2.45) is 0 Å². The first-order valence-corrected chi connectivity index (χ1v) is 49.3. The zero-order chi connectivity index (χ0) is 85.4. The summed E-state index contributed by atoms with van der Waals surface area (Å²) in [4.78, 5) is 66.5. The predicted molar refractivity (Wildman–Crippen MR) is 453 cm³/mol. The van der Waals surface area contributed by atoms with Crippen LogP contribution in [0, 0.1) is 0 Å². The van der Waals surface area contributed by atoms with Crippen LogP contribution in [0.25, 0.3) is 0 Å². The molecule has 0 bridgehead atoms. The third-order valence-electron chi connectivity index (χ3n) is 23.6. The number of phosphoric ester groups is 1. The highest BCUT2D eigenvalue weighted by molar-refractivity contribution is 7.47. The van der Waals surface area contributed by atoms with Crippen LogP contribution >= 0.6 is 7.82 Å². The minimum absolute atomic E-state index is 0.0203. The molecule has 690 valence electrons. The van der Waals surface area contributed by atoms with Gasteiger partial charge in [0, 0.05) is 25.7 Å². The van der Waals surface area contributed by atoms with Crippen LogP contribution in [0.15, 0.2) is 0 Å². The van der Waals surface area contributed by atoms with Crippen molar-refractivity contribution in [2.45, 2.75) is 530 Å². The molecule has 26 heteroatoms. The highest BCUT2D eigenvalue weighted by Gasteiger charge is 2.60. The molecule has 18 unspecified atom stereocenters. The topological polar surface area (TPSA) is 380 Å². The van der Waals surface area contributed by atoms with Gasteiger partial charge in [0.25, 0.3) is 0 Å². The molecule has 0 amide bonds. The molecule has 0 spiro atoms. The molecular formula is C91H171O25P. The Balaban J connectivity index is 1.91. The number of unbranched alkanes of at least 4 members (excludes halogenated alkanes) is 54. The van der Waals surface area contributed by atoms with Crippen molar-refractivity contribution in [3.63, 3.8) is 0 Å². The summed E-state index contributed by atoms with van der Waals surface area (Å²) >= 11 is 0. The average molecular weight is 1700 g/mol. The monoisotopic (exact) mass is 1700 g/mol. The maximum Gasteiger partial charge on any atom is 0.472 e. The van der Waals surface area contributed by atoms with E-state index in [4.69, 9.17) is 46.9 Å². The predicted octanol–water partition coefficient (Wildman–Crippen LogP) is 17.8. The molecule has 1 saturated carbocycles. The summed E-state index contributed by atoms with van der Waals surface area (Å²) in [5.74, 6) is -2.94. The van der Waals surface area contributed by atoms with Gasteiger partial charge >= 0.3 is 31.7 Å². The number of phosphoric acid groups is 1. The van der Waals surface area contributed by atoms with Crippen LogP contribution in [0.2, 0.25) is 0 Å². The van der Waals surface area contributed by atoms with E-state index >= 15 is 0 Å². The smallest absolute Gasteiger partial charge is 0.463 e. The first-order valence-electron chi connectivity index (χ1n) is 47.8. The number of esters is 4. The van der Waals surface area contributed by atoms with Crippen molar-refractivity contribution < 1.29 is 122 Å². The van der Waals surface area contributed by atoms with Crippen LogP contribution in [0.4, 0.5) is 0 Å². The number of carbonyl (C=O) groups is 4. The number of carbonyl (C=O) groups excluding carboxylic acids is 4. The normalized spacial score (nSPS) is 25.0. The number of ether oxygens (including phenoxy) is 8. The van der Waals surface area contributed by atoms with Crippen molar-refractivity contribution in [1.82, 2.24) is 0 Å². The molecule has 117 heavy (non-hydrogen) atoms. The number of hydrogen-bond donors (Lipinski definition) is 10. The first-order chi connectivity index (χ1) is 56.7. The maximum absolute atomic E-state index is 14.9. The molecule has 18 atom stereocenters. The van der Waals surface area contributed by atoms with Gasteiger partial charge in [-0.1, -0.05) is 374 Å². The lowest BCUT2D eigenvalue weighted by atomic mass is 9.84. The molecule has 0 aromatic carbocycles. The standard InChI is InChI=1S/C91H171O25P/c1-5-9-13-17-21-25-29-33-36-40-44-48-52-56-60-64-75(94)108-70-73-79(98)81(100)85(104)91(112-73)115-88-86(113-77(96)66-62-58-54-50-46-42-38-35-31-27-23-19-15-11-7-3)82(101)83(102)87(114-90-84(103)80(99)78(97)72(67-92)111-90)89(88)116-117(105,106)109-69-71(68-107-74(93)63-59-55-51-47-43-39-32-28-24-20-16-12-8-4)110-76(95)65-61-57-53-49-45-41-37-34-30-26-22-18-14-10-6-2/h71-73,78-92,97-104H,5-70H2,1-4H3,(H,105,106). The quantitative estimate of drug-likeness (QED) is 0.0117. The maximum atomic E-state index is 14.9. The van der Waals surface area contributed by atoms with E-state index in [1.807, 2.05) is 0 Å². The van der Waals surface area contributed by atoms with E-state index in [1.165, 1.54) is 212 Å². The summed E-state index contributed by atoms with van der Waals surface area (Å²) in [6.07, 6.45) is 27.9. The van der Waals surface area contributed by atoms with Crippen molar-refractivity contribution in [3.8, 4) is 0 Å². The second-order valence-electron chi connectivity index (χ2n) is 34.3. The Labute approximate surface area is 706 Å². The van der Waals surface area contributed by atoms with Gasteiger partial charge < -0.3 is 88.7 Å². The molecule has 0 radical (unpaired) electrons. The van der Waals surface area contributed by atoms with E-state index < -0.39 is 162 Å². The van der Waals surface area contributed by atoms with Gasteiger partial charge in [-0.2, -0.15) is 0 Å². The molecule has 1 aliphatic carbocycles. The minimum Gasteiger partial charge on any atom is -0.463 e. The second kappa shape index (κ2) is 70.7. The molecule has 3 aliphatic rings. The lowest BCUT2D eigenvalue weighted by molar-refractivity contribution is -0.360. The van der Waals surface area contributed by atoms with Gasteiger partial charge in [-0.3, -0.25) is 28.2 Å². The molecule has 2 saturated heterocycles. The number of aliphatic hydroxyl groups is 9. The Morgan fingerprint density at radius 1 is 0.308 bits per heavy atom. The Hall–Kier alpha value is -2.53. The largest absolute Gasteiger partial charge is 0.472 e. The van der Waals surface area contributed by atoms with E-state index in [2.05, 4.69) is 27.7 Å². The lowest BCUT2D eigenvalue weighted by Crippen LogP contribution is -2.70. The summed E-state index contributed by atoms with van der Waals surface area (Å²) in [6.45, 7) is 5.64. The van der Waals surface area contributed by atoms with Gasteiger partial charge in [-0.25, -0.2) is 4.57 Å². The Morgan fingerprint density at radius 2 is 0.590 bits per heavy atom. The molecule has 10 N–H and O–H groups in total. The number of hydrogen-bond acceptors (Lipinski definition) is 24. The molecule has 25 nitrogen and oxygen atoms in total. The third kappa shape index (κ3) is 50.9. The van der Waals surface area contributed by atoms with Crippen molar-refractivity contribution in [3.05, 3.63) is 0 Å². The summed E-state index contributed by atoms with van der Waals surface area (Å²) in [6, 6.07) is 0. The summed E-state index contributed by atoms with van der Waals surface area (Å²) in [5, 5.41) is 102. The van der Waals surface area contributed by atoms with Crippen LogP contribution in [0.5, 0.6) is 0 Å². The average Bonchev–Trinajstić information content (AvgIpc) is 0.754. The van der Waals surface area contributed by atoms with Crippen LogP contribution in [-0.2, 0) is 70.7 Å². The molecule has 0 aromatic heterocycles. The summed E-state index contributed by atoms with van der Waals surface area (Å²) < 4.78 is 73.5. The van der Waals surface area contributed by atoms with Gasteiger partial charge in [-0.15, -0.1) is 0 Å². The SMILES string of the molecule is CCCCCCCCCCCCCCCCCC(=O)OCC1OC(OC2C(OC(=O)CCCCCCCCCCCCCCCCC)C(O)C(O)C(OC3OC(CO)C(O)C(O)C3O)C2OP(=O)(O)OCC(COC(=O)CCCCCCCCCCCCCCC)OC(=O)CCCCCCCCCCCCCCCCC)C(O)C(O)C1O. The van der Waals surface area contributed by atoms with Gasteiger partial charge in [0.2, 0.25) is 0 Å². The molecule has 2 heterocycles. The van der Waals surface area contributed by atoms with Crippen molar-refractivity contribution >= 4 is 31.7 Å². The summed E-state index contributed by atoms with van der Waals surface area (Å²) in [5.41, 5.74) is 0. The van der Waals surface area contributed by atoms with Gasteiger partial charge in [0.15, 0.2) is 24.8 Å².